The number of piperidine rings is 1. The first-order chi connectivity index (χ1) is 15.8. The van der Waals surface area contributed by atoms with Crippen molar-refractivity contribution in [2.45, 2.75) is 25.6 Å². The number of alkyl halides is 3. The lowest BCUT2D eigenvalue weighted by atomic mass is 9.95. The topological polar surface area (TPSA) is 75.6 Å². The van der Waals surface area contributed by atoms with Crippen LogP contribution in [0.3, 0.4) is 0 Å². The molecule has 2 aromatic heterocycles. The summed E-state index contributed by atoms with van der Waals surface area (Å²) in [4.78, 5) is 36.9. The van der Waals surface area contributed by atoms with Gasteiger partial charge in [-0.25, -0.2) is 9.78 Å². The van der Waals surface area contributed by atoms with Crippen molar-refractivity contribution >= 4 is 38.7 Å². The second-order valence-corrected chi connectivity index (χ2v) is 8.70. The molecule has 0 bridgehead atoms. The van der Waals surface area contributed by atoms with Crippen molar-refractivity contribution in [3.8, 4) is 0 Å². The highest BCUT2D eigenvalue weighted by molar-refractivity contribution is 7.22. The van der Waals surface area contributed by atoms with Crippen LogP contribution < -0.4 is 4.90 Å². The Hall–Kier alpha value is -3.21. The largest absolute Gasteiger partial charge is 0.453 e. The smallest absolute Gasteiger partial charge is 0.416 e. The average Bonchev–Trinajstić information content (AvgIpc) is 3.25. The maximum Gasteiger partial charge on any atom is 0.416 e. The number of amides is 2. The van der Waals surface area contributed by atoms with E-state index >= 15 is 0 Å². The van der Waals surface area contributed by atoms with Gasteiger partial charge < -0.3 is 9.64 Å². The molecule has 4 rings (SSSR count). The molecule has 3 aromatic rings. The van der Waals surface area contributed by atoms with Gasteiger partial charge in [-0.3, -0.25) is 14.7 Å². The van der Waals surface area contributed by atoms with Gasteiger partial charge in [-0.2, -0.15) is 13.2 Å². The summed E-state index contributed by atoms with van der Waals surface area (Å²) in [6.45, 7) is 0.965. The van der Waals surface area contributed by atoms with Crippen molar-refractivity contribution in [3.63, 3.8) is 0 Å². The van der Waals surface area contributed by atoms with Gasteiger partial charge >= 0.3 is 12.3 Å². The first-order valence-electron chi connectivity index (χ1n) is 10.3. The number of ether oxygens (including phenoxy) is 1. The Morgan fingerprint density at radius 1 is 1.24 bits per heavy atom. The van der Waals surface area contributed by atoms with E-state index in [0.717, 1.165) is 29.0 Å². The molecule has 3 heterocycles. The van der Waals surface area contributed by atoms with Gasteiger partial charge in [0.2, 0.25) is 5.91 Å². The molecule has 1 aliphatic rings. The van der Waals surface area contributed by atoms with Gasteiger partial charge in [0.05, 0.1) is 29.4 Å². The monoisotopic (exact) mass is 478 g/mol. The van der Waals surface area contributed by atoms with Gasteiger partial charge in [0.25, 0.3) is 0 Å². The highest BCUT2D eigenvalue weighted by Gasteiger charge is 2.34. The van der Waals surface area contributed by atoms with Crippen LogP contribution in [0.25, 0.3) is 10.2 Å². The number of thiazole rings is 1. The van der Waals surface area contributed by atoms with Crippen LogP contribution in [0.5, 0.6) is 0 Å². The fourth-order valence-electron chi connectivity index (χ4n) is 3.78. The summed E-state index contributed by atoms with van der Waals surface area (Å²) in [6, 6.07) is 6.93. The number of likely N-dealkylation sites (tertiary alicyclic amines) is 1. The van der Waals surface area contributed by atoms with Crippen LogP contribution in [0.1, 0.15) is 24.0 Å². The number of methoxy groups -OCH3 is 1. The molecule has 0 atom stereocenters. The number of halogens is 3. The molecule has 0 radical (unpaired) electrons. The highest BCUT2D eigenvalue weighted by atomic mass is 32.1. The summed E-state index contributed by atoms with van der Waals surface area (Å²) in [7, 11) is 1.31. The minimum Gasteiger partial charge on any atom is -0.453 e. The summed E-state index contributed by atoms with van der Waals surface area (Å²) in [6.07, 6.45) is -0.720. The van der Waals surface area contributed by atoms with Crippen LogP contribution in [0.2, 0.25) is 0 Å². The zero-order valence-corrected chi connectivity index (χ0v) is 18.5. The van der Waals surface area contributed by atoms with Gasteiger partial charge in [-0.15, -0.1) is 0 Å². The molecule has 33 heavy (non-hydrogen) atoms. The zero-order valence-electron chi connectivity index (χ0n) is 17.7. The summed E-state index contributed by atoms with van der Waals surface area (Å²) >= 11 is 1.05. The Labute approximate surface area is 191 Å². The van der Waals surface area contributed by atoms with E-state index in [-0.39, 0.29) is 18.4 Å². The number of nitrogens with zero attached hydrogens (tertiary/aromatic N) is 4. The Morgan fingerprint density at radius 2 is 2.00 bits per heavy atom. The van der Waals surface area contributed by atoms with Gasteiger partial charge in [-0.1, -0.05) is 17.4 Å². The molecule has 0 unspecified atom stereocenters. The minimum atomic E-state index is -4.46. The fourth-order valence-corrected chi connectivity index (χ4v) is 4.79. The predicted octanol–water partition coefficient (Wildman–Crippen LogP) is 4.72. The second-order valence-electron chi connectivity index (χ2n) is 7.69. The predicted molar refractivity (Wildman–Crippen MR) is 117 cm³/mol. The third-order valence-corrected chi connectivity index (χ3v) is 6.58. The molecule has 1 saturated heterocycles. The van der Waals surface area contributed by atoms with Crippen molar-refractivity contribution < 1.29 is 27.5 Å². The molecular formula is C22H21F3N4O3S. The molecule has 0 spiro atoms. The number of pyridine rings is 1. The average molecular weight is 478 g/mol. The third-order valence-electron chi connectivity index (χ3n) is 5.54. The van der Waals surface area contributed by atoms with Gasteiger partial charge in [-0.05, 0) is 42.7 Å². The molecular weight excluding hydrogens is 457 g/mol. The Morgan fingerprint density at radius 3 is 2.64 bits per heavy atom. The molecule has 0 N–H and O–H groups in total. The first kappa shape index (κ1) is 23.0. The van der Waals surface area contributed by atoms with Gasteiger partial charge in [0, 0.05) is 31.4 Å². The van der Waals surface area contributed by atoms with Crippen LogP contribution in [-0.4, -0.2) is 47.1 Å². The molecule has 1 aliphatic heterocycles. The molecule has 1 aromatic carbocycles. The Balaban J connectivity index is 1.63. The van der Waals surface area contributed by atoms with E-state index in [0.29, 0.717) is 41.3 Å². The van der Waals surface area contributed by atoms with E-state index in [1.165, 1.54) is 18.1 Å². The first-order valence-corrected chi connectivity index (χ1v) is 11.1. The quantitative estimate of drug-likeness (QED) is 0.542. The van der Waals surface area contributed by atoms with Crippen molar-refractivity contribution in [1.29, 1.82) is 0 Å². The number of anilines is 1. The number of hydrogen-bond donors (Lipinski definition) is 0. The summed E-state index contributed by atoms with van der Waals surface area (Å²) in [5.41, 5.74) is 0.408. The maximum absolute atomic E-state index is 13.5. The van der Waals surface area contributed by atoms with Crippen molar-refractivity contribution in [3.05, 3.63) is 53.9 Å². The van der Waals surface area contributed by atoms with E-state index in [9.17, 15) is 22.8 Å². The maximum atomic E-state index is 13.5. The van der Waals surface area contributed by atoms with Crippen molar-refractivity contribution in [1.82, 2.24) is 14.9 Å². The summed E-state index contributed by atoms with van der Waals surface area (Å²) in [5, 5.41) is 0.327. The van der Waals surface area contributed by atoms with Crippen LogP contribution >= 0.6 is 11.3 Å². The number of aromatic nitrogens is 2. The van der Waals surface area contributed by atoms with Gasteiger partial charge in [0.15, 0.2) is 5.13 Å². The number of rotatable bonds is 4. The van der Waals surface area contributed by atoms with E-state index in [2.05, 4.69) is 9.97 Å². The van der Waals surface area contributed by atoms with E-state index in [4.69, 9.17) is 4.74 Å². The fraction of sp³-hybridized carbons (Fsp3) is 0.364. The molecule has 11 heteroatoms. The molecule has 2 amide bonds. The van der Waals surface area contributed by atoms with Gasteiger partial charge in [0.1, 0.15) is 0 Å². The standard InChI is InChI=1S/C22H21F3N4O3S/c1-32-21(31)28-9-6-15(7-10-28)19(30)29(13-14-3-2-8-26-12-14)20-27-17-5-4-16(22(23,24)25)11-18(17)33-20/h2-5,8,11-12,15H,6-7,9-10,13H2,1H3. The lowest BCUT2D eigenvalue weighted by Crippen LogP contribution is -2.44. The van der Waals surface area contributed by atoms with Crippen LogP contribution in [0.4, 0.5) is 23.1 Å². The molecule has 174 valence electrons. The summed E-state index contributed by atoms with van der Waals surface area (Å²) in [5.74, 6) is -0.529. The molecule has 0 saturated carbocycles. The molecule has 1 fully saturated rings. The van der Waals surface area contributed by atoms with E-state index in [1.54, 1.807) is 23.4 Å². The van der Waals surface area contributed by atoms with Crippen LogP contribution in [0.15, 0.2) is 42.7 Å². The number of hydrogen-bond acceptors (Lipinski definition) is 6. The lowest BCUT2D eigenvalue weighted by Gasteiger charge is -2.32. The number of carbonyl (C=O) groups excluding carboxylic acids is 2. The number of benzene rings is 1. The van der Waals surface area contributed by atoms with E-state index in [1.807, 2.05) is 6.07 Å². The summed E-state index contributed by atoms with van der Waals surface area (Å²) < 4.78 is 44.5. The minimum absolute atomic E-state index is 0.182. The second kappa shape index (κ2) is 9.34. The zero-order chi connectivity index (χ0) is 23.6. The molecule has 7 nitrogen and oxygen atoms in total. The van der Waals surface area contributed by atoms with Crippen molar-refractivity contribution in [2.75, 3.05) is 25.1 Å². The Bertz CT molecular complexity index is 1140. The number of carbonyl (C=O) groups is 2. The Kier molecular flexibility index (Phi) is 6.50. The van der Waals surface area contributed by atoms with Crippen molar-refractivity contribution in [2.24, 2.45) is 5.92 Å². The van der Waals surface area contributed by atoms with Crippen LogP contribution in [0, 0.1) is 5.92 Å². The number of fused-ring (bicyclic) bond motifs is 1. The SMILES string of the molecule is COC(=O)N1CCC(C(=O)N(Cc2cccnc2)c2nc3ccc(C(F)(F)F)cc3s2)CC1. The van der Waals surface area contributed by atoms with Crippen LogP contribution in [-0.2, 0) is 22.3 Å². The third kappa shape index (κ3) is 5.08. The normalized spacial score (nSPS) is 15.0. The lowest BCUT2D eigenvalue weighted by molar-refractivity contribution is -0.137. The van der Waals surface area contributed by atoms with E-state index < -0.39 is 17.8 Å². The highest BCUT2D eigenvalue weighted by Crippen LogP contribution is 2.36. The molecule has 0 aliphatic carbocycles.